The lowest BCUT2D eigenvalue weighted by molar-refractivity contribution is 0.0518. The molecule has 1 aliphatic rings. The minimum absolute atomic E-state index is 0. The molecule has 0 radical (unpaired) electrons. The summed E-state index contributed by atoms with van der Waals surface area (Å²) in [6, 6.07) is 10.7. The lowest BCUT2D eigenvalue weighted by Crippen LogP contribution is -2.50. The highest BCUT2D eigenvalue weighted by molar-refractivity contribution is 5.95. The Balaban J connectivity index is 0.00000208. The second kappa shape index (κ2) is 7.99. The number of nitrogens with zero attached hydrogens (tertiary/aromatic N) is 2. The maximum atomic E-state index is 12.5. The van der Waals surface area contributed by atoms with Crippen LogP contribution in [0.2, 0.25) is 0 Å². The average molecular weight is 350 g/mol. The molecule has 2 heterocycles. The third-order valence-electron chi connectivity index (χ3n) is 4.02. The first-order valence-electron chi connectivity index (χ1n) is 7.60. The van der Waals surface area contributed by atoms with Gasteiger partial charge in [0.1, 0.15) is 0 Å². The van der Waals surface area contributed by atoms with Gasteiger partial charge in [0.25, 0.3) is 11.8 Å². The molecule has 2 amide bonds. The van der Waals surface area contributed by atoms with Crippen LogP contribution in [0, 0.1) is 0 Å². The molecule has 0 aliphatic carbocycles. The van der Waals surface area contributed by atoms with Crippen molar-refractivity contribution in [3.8, 4) is 0 Å². The molecular formula is C17H20ClN3O3. The molecule has 0 unspecified atom stereocenters. The fourth-order valence-electron chi connectivity index (χ4n) is 2.63. The smallest absolute Gasteiger partial charge is 0.289 e. The topological polar surface area (TPSA) is 79.8 Å². The summed E-state index contributed by atoms with van der Waals surface area (Å²) in [6.07, 6.45) is 1.48. The van der Waals surface area contributed by atoms with Crippen LogP contribution < -0.4 is 5.73 Å². The summed E-state index contributed by atoms with van der Waals surface area (Å²) in [5.41, 5.74) is 7.20. The van der Waals surface area contributed by atoms with E-state index in [2.05, 4.69) is 0 Å². The normalized spacial score (nSPS) is 14.2. The Hall–Kier alpha value is -2.31. The van der Waals surface area contributed by atoms with E-state index in [1.165, 1.54) is 6.26 Å². The number of furan rings is 1. The van der Waals surface area contributed by atoms with Crippen molar-refractivity contribution in [2.24, 2.45) is 5.73 Å². The van der Waals surface area contributed by atoms with Crippen molar-refractivity contribution in [1.29, 1.82) is 0 Å². The van der Waals surface area contributed by atoms with Gasteiger partial charge in [-0.15, -0.1) is 12.4 Å². The van der Waals surface area contributed by atoms with Crippen LogP contribution in [0.1, 0.15) is 26.5 Å². The predicted octanol–water partition coefficient (Wildman–Crippen LogP) is 1.76. The van der Waals surface area contributed by atoms with Gasteiger partial charge in [-0.1, -0.05) is 12.1 Å². The number of hydrogen-bond donors (Lipinski definition) is 1. The number of rotatable bonds is 3. The molecule has 0 atom stereocenters. The van der Waals surface area contributed by atoms with Crippen molar-refractivity contribution >= 4 is 24.2 Å². The third-order valence-corrected chi connectivity index (χ3v) is 4.02. The van der Waals surface area contributed by atoms with E-state index in [1.54, 1.807) is 34.1 Å². The summed E-state index contributed by atoms with van der Waals surface area (Å²) in [5.74, 6) is 0.190. The van der Waals surface area contributed by atoms with Gasteiger partial charge in [0, 0.05) is 38.3 Å². The molecule has 0 saturated carbocycles. The lowest BCUT2D eigenvalue weighted by atomic mass is 10.1. The number of nitrogens with two attached hydrogens (primary N) is 1. The first-order chi connectivity index (χ1) is 11.2. The predicted molar refractivity (Wildman–Crippen MR) is 92.1 cm³/mol. The Labute approximate surface area is 146 Å². The van der Waals surface area contributed by atoms with E-state index in [0.29, 0.717) is 44.0 Å². The van der Waals surface area contributed by atoms with Gasteiger partial charge in [0.2, 0.25) is 0 Å². The van der Waals surface area contributed by atoms with Crippen LogP contribution in [0.4, 0.5) is 0 Å². The molecule has 6 nitrogen and oxygen atoms in total. The molecule has 24 heavy (non-hydrogen) atoms. The summed E-state index contributed by atoms with van der Waals surface area (Å²) in [7, 11) is 0. The van der Waals surface area contributed by atoms with E-state index in [1.807, 2.05) is 12.1 Å². The fraction of sp³-hybridized carbons (Fsp3) is 0.294. The highest BCUT2D eigenvalue weighted by Crippen LogP contribution is 2.13. The van der Waals surface area contributed by atoms with E-state index in [4.69, 9.17) is 10.2 Å². The van der Waals surface area contributed by atoms with Gasteiger partial charge in [-0.2, -0.15) is 0 Å². The van der Waals surface area contributed by atoms with Gasteiger partial charge < -0.3 is 20.0 Å². The molecular weight excluding hydrogens is 330 g/mol. The van der Waals surface area contributed by atoms with Crippen LogP contribution in [0.5, 0.6) is 0 Å². The molecule has 2 aromatic rings. The van der Waals surface area contributed by atoms with Crippen LogP contribution in [-0.2, 0) is 6.54 Å². The Morgan fingerprint density at radius 2 is 1.54 bits per heavy atom. The fourth-order valence-corrected chi connectivity index (χ4v) is 2.63. The number of piperazine rings is 1. The molecule has 128 valence electrons. The zero-order valence-electron chi connectivity index (χ0n) is 13.2. The molecule has 1 aromatic heterocycles. The van der Waals surface area contributed by atoms with Crippen molar-refractivity contribution in [2.75, 3.05) is 26.2 Å². The number of carbonyl (C=O) groups is 2. The Morgan fingerprint density at radius 1 is 0.958 bits per heavy atom. The number of hydrogen-bond acceptors (Lipinski definition) is 4. The molecule has 1 saturated heterocycles. The lowest BCUT2D eigenvalue weighted by Gasteiger charge is -2.34. The first kappa shape index (κ1) is 18.0. The number of amides is 2. The number of halogens is 1. The Kier molecular flexibility index (Phi) is 6.00. The summed E-state index contributed by atoms with van der Waals surface area (Å²) in [6.45, 7) is 2.51. The van der Waals surface area contributed by atoms with Crippen molar-refractivity contribution in [3.05, 3.63) is 59.5 Å². The Morgan fingerprint density at radius 3 is 2.04 bits per heavy atom. The van der Waals surface area contributed by atoms with E-state index in [-0.39, 0.29) is 24.2 Å². The minimum atomic E-state index is -0.130. The highest BCUT2D eigenvalue weighted by Gasteiger charge is 2.26. The van der Waals surface area contributed by atoms with E-state index < -0.39 is 0 Å². The third kappa shape index (κ3) is 3.77. The van der Waals surface area contributed by atoms with Crippen molar-refractivity contribution in [1.82, 2.24) is 9.80 Å². The van der Waals surface area contributed by atoms with E-state index >= 15 is 0 Å². The Bertz CT molecular complexity index is 678. The minimum Gasteiger partial charge on any atom is -0.459 e. The number of carbonyl (C=O) groups excluding carboxylic acids is 2. The van der Waals surface area contributed by atoms with E-state index in [0.717, 1.165) is 5.56 Å². The summed E-state index contributed by atoms with van der Waals surface area (Å²) in [4.78, 5) is 28.1. The SMILES string of the molecule is Cl.NCc1ccc(C(=O)N2CCN(C(=O)c3ccco3)CC2)cc1. The van der Waals surface area contributed by atoms with Crippen LogP contribution in [0.3, 0.4) is 0 Å². The summed E-state index contributed by atoms with van der Waals surface area (Å²) < 4.78 is 5.13. The summed E-state index contributed by atoms with van der Waals surface area (Å²) >= 11 is 0. The van der Waals surface area contributed by atoms with Gasteiger partial charge >= 0.3 is 0 Å². The zero-order valence-corrected chi connectivity index (χ0v) is 14.0. The van der Waals surface area contributed by atoms with Gasteiger partial charge in [0.15, 0.2) is 5.76 Å². The molecule has 7 heteroatoms. The average Bonchev–Trinajstić information content (AvgIpc) is 3.15. The molecule has 1 aromatic carbocycles. The quantitative estimate of drug-likeness (QED) is 0.915. The van der Waals surface area contributed by atoms with E-state index in [9.17, 15) is 9.59 Å². The molecule has 1 aliphatic heterocycles. The molecule has 0 spiro atoms. The highest BCUT2D eigenvalue weighted by atomic mass is 35.5. The van der Waals surface area contributed by atoms with Crippen molar-refractivity contribution in [3.63, 3.8) is 0 Å². The molecule has 1 fully saturated rings. The molecule has 0 bridgehead atoms. The number of benzene rings is 1. The van der Waals surface area contributed by atoms with Gasteiger partial charge in [-0.3, -0.25) is 9.59 Å². The van der Waals surface area contributed by atoms with Gasteiger partial charge in [0.05, 0.1) is 6.26 Å². The van der Waals surface area contributed by atoms with Crippen molar-refractivity contribution < 1.29 is 14.0 Å². The second-order valence-corrected chi connectivity index (χ2v) is 5.46. The standard InChI is InChI=1S/C17H19N3O3.ClH/c18-12-13-3-5-14(6-4-13)16(21)19-7-9-20(10-8-19)17(22)15-2-1-11-23-15;/h1-6,11H,7-10,12,18H2;1H. The monoisotopic (exact) mass is 349 g/mol. The largest absolute Gasteiger partial charge is 0.459 e. The van der Waals surface area contributed by atoms with Crippen LogP contribution in [0.25, 0.3) is 0 Å². The maximum absolute atomic E-state index is 12.5. The molecule has 3 rings (SSSR count). The zero-order chi connectivity index (χ0) is 16.2. The first-order valence-corrected chi connectivity index (χ1v) is 7.60. The van der Waals surface area contributed by atoms with Gasteiger partial charge in [-0.25, -0.2) is 0 Å². The second-order valence-electron chi connectivity index (χ2n) is 5.46. The summed E-state index contributed by atoms with van der Waals surface area (Å²) in [5, 5.41) is 0. The van der Waals surface area contributed by atoms with Crippen molar-refractivity contribution in [2.45, 2.75) is 6.54 Å². The van der Waals surface area contributed by atoms with Gasteiger partial charge in [-0.05, 0) is 29.8 Å². The van der Waals surface area contributed by atoms with Crippen LogP contribution in [0.15, 0.2) is 47.1 Å². The molecule has 2 N–H and O–H groups in total. The maximum Gasteiger partial charge on any atom is 0.289 e. The van der Waals surface area contributed by atoms with Crippen LogP contribution >= 0.6 is 12.4 Å². The van der Waals surface area contributed by atoms with Crippen LogP contribution in [-0.4, -0.2) is 47.8 Å².